The van der Waals surface area contributed by atoms with Crippen LogP contribution in [0.15, 0.2) is 55.1 Å². The Bertz CT molecular complexity index is 834. The van der Waals surface area contributed by atoms with Crippen molar-refractivity contribution in [1.29, 1.82) is 5.26 Å². The normalized spacial score (nSPS) is 11.7. The summed E-state index contributed by atoms with van der Waals surface area (Å²) in [6.07, 6.45) is 3.11. The largest absolute Gasteiger partial charge is 0.377 e. The van der Waals surface area contributed by atoms with E-state index in [1.165, 1.54) is 12.4 Å². The number of nitrogens with zero attached hydrogens (tertiary/aromatic N) is 4. The lowest BCUT2D eigenvalue weighted by atomic mass is 10.1. The molecule has 1 heterocycles. The van der Waals surface area contributed by atoms with E-state index in [9.17, 15) is 4.39 Å². The Morgan fingerprint density at radius 2 is 2.00 bits per heavy atom. The number of anilines is 1. The van der Waals surface area contributed by atoms with Crippen LogP contribution in [-0.4, -0.2) is 14.8 Å². The van der Waals surface area contributed by atoms with Crippen molar-refractivity contribution in [3.63, 3.8) is 0 Å². The van der Waals surface area contributed by atoms with Crippen LogP contribution in [-0.2, 0) is 0 Å². The van der Waals surface area contributed by atoms with Crippen molar-refractivity contribution in [2.75, 3.05) is 5.32 Å². The molecule has 3 aromatic rings. The summed E-state index contributed by atoms with van der Waals surface area (Å²) in [6, 6.07) is 14.2. The maximum Gasteiger partial charge on any atom is 0.143 e. The number of nitriles is 1. The lowest BCUT2D eigenvalue weighted by Crippen LogP contribution is -2.08. The van der Waals surface area contributed by atoms with Crippen molar-refractivity contribution in [1.82, 2.24) is 14.8 Å². The fourth-order valence-electron chi connectivity index (χ4n) is 2.33. The first kappa shape index (κ1) is 14.7. The quantitative estimate of drug-likeness (QED) is 0.801. The monoisotopic (exact) mass is 307 g/mol. The van der Waals surface area contributed by atoms with Crippen LogP contribution < -0.4 is 5.32 Å². The van der Waals surface area contributed by atoms with Gasteiger partial charge in [-0.2, -0.15) is 10.4 Å². The first-order valence-electron chi connectivity index (χ1n) is 7.09. The van der Waals surface area contributed by atoms with Crippen molar-refractivity contribution >= 4 is 5.69 Å². The third-order valence-electron chi connectivity index (χ3n) is 3.57. The Hall–Kier alpha value is -3.20. The molecule has 0 unspecified atom stereocenters. The van der Waals surface area contributed by atoms with Gasteiger partial charge in [0.1, 0.15) is 30.1 Å². The van der Waals surface area contributed by atoms with Gasteiger partial charge < -0.3 is 5.32 Å². The van der Waals surface area contributed by atoms with Crippen molar-refractivity contribution < 1.29 is 4.39 Å². The Labute approximate surface area is 133 Å². The molecule has 1 aromatic heterocycles. The second kappa shape index (κ2) is 6.28. The molecule has 0 aliphatic heterocycles. The molecule has 2 aromatic carbocycles. The van der Waals surface area contributed by atoms with E-state index in [1.807, 2.05) is 37.3 Å². The summed E-state index contributed by atoms with van der Waals surface area (Å²) in [5.41, 5.74) is 2.43. The molecule has 0 fully saturated rings. The molecule has 0 saturated carbocycles. The molecule has 0 amide bonds. The summed E-state index contributed by atoms with van der Waals surface area (Å²) < 4.78 is 15.3. The van der Waals surface area contributed by atoms with E-state index in [4.69, 9.17) is 5.26 Å². The predicted molar refractivity (Wildman–Crippen MR) is 84.5 cm³/mol. The Morgan fingerprint density at radius 1 is 1.22 bits per heavy atom. The molecule has 0 saturated heterocycles. The molecule has 0 aliphatic rings. The number of nitrogens with one attached hydrogen (secondary N) is 1. The molecule has 0 aliphatic carbocycles. The van der Waals surface area contributed by atoms with Crippen molar-refractivity contribution in [2.24, 2.45) is 0 Å². The van der Waals surface area contributed by atoms with Gasteiger partial charge in [-0.15, -0.1) is 0 Å². The molecule has 114 valence electrons. The van der Waals surface area contributed by atoms with Gasteiger partial charge in [0.25, 0.3) is 0 Å². The average Bonchev–Trinajstić information content (AvgIpc) is 3.10. The van der Waals surface area contributed by atoms with E-state index >= 15 is 0 Å². The summed E-state index contributed by atoms with van der Waals surface area (Å²) >= 11 is 0. The molecule has 0 radical (unpaired) electrons. The summed E-state index contributed by atoms with van der Waals surface area (Å²) in [4.78, 5) is 3.91. The lowest BCUT2D eigenvalue weighted by Gasteiger charge is -2.17. The Morgan fingerprint density at radius 3 is 2.65 bits per heavy atom. The zero-order valence-electron chi connectivity index (χ0n) is 12.4. The zero-order chi connectivity index (χ0) is 16.2. The third kappa shape index (κ3) is 3.04. The summed E-state index contributed by atoms with van der Waals surface area (Å²) in [7, 11) is 0. The summed E-state index contributed by atoms with van der Waals surface area (Å²) in [5.74, 6) is -0.522. The van der Waals surface area contributed by atoms with Gasteiger partial charge in [-0.1, -0.05) is 18.2 Å². The highest BCUT2D eigenvalue weighted by Crippen LogP contribution is 2.24. The van der Waals surface area contributed by atoms with E-state index < -0.39 is 5.82 Å². The lowest BCUT2D eigenvalue weighted by molar-refractivity contribution is 0.624. The minimum atomic E-state index is -0.522. The summed E-state index contributed by atoms with van der Waals surface area (Å²) in [6.45, 7) is 1.95. The SMILES string of the molecule is C[C@H](Nc1cccc(F)c1C#N)c1ccc(-n2cncn2)cc1. The van der Waals surface area contributed by atoms with E-state index in [-0.39, 0.29) is 11.6 Å². The van der Waals surface area contributed by atoms with Crippen LogP contribution in [0.25, 0.3) is 5.69 Å². The van der Waals surface area contributed by atoms with Crippen LogP contribution in [0.2, 0.25) is 0 Å². The number of rotatable bonds is 4. The van der Waals surface area contributed by atoms with Crippen LogP contribution in [0.5, 0.6) is 0 Å². The van der Waals surface area contributed by atoms with Crippen molar-refractivity contribution in [3.8, 4) is 11.8 Å². The molecule has 23 heavy (non-hydrogen) atoms. The molecule has 0 bridgehead atoms. The highest BCUT2D eigenvalue weighted by molar-refractivity contribution is 5.59. The van der Waals surface area contributed by atoms with Gasteiger partial charge in [0, 0.05) is 6.04 Å². The predicted octanol–water partition coefficient (Wildman–Crippen LogP) is 3.45. The Kier molecular flexibility index (Phi) is 4.02. The molecular weight excluding hydrogens is 293 g/mol. The molecule has 5 nitrogen and oxygen atoms in total. The minimum Gasteiger partial charge on any atom is -0.377 e. The second-order valence-electron chi connectivity index (χ2n) is 5.07. The van der Waals surface area contributed by atoms with Crippen LogP contribution >= 0.6 is 0 Å². The first-order valence-corrected chi connectivity index (χ1v) is 7.09. The third-order valence-corrected chi connectivity index (χ3v) is 3.57. The van der Waals surface area contributed by atoms with Crippen molar-refractivity contribution in [2.45, 2.75) is 13.0 Å². The maximum absolute atomic E-state index is 13.6. The second-order valence-corrected chi connectivity index (χ2v) is 5.07. The van der Waals surface area contributed by atoms with Crippen molar-refractivity contribution in [3.05, 3.63) is 72.1 Å². The van der Waals surface area contributed by atoms with Gasteiger partial charge in [-0.25, -0.2) is 14.1 Å². The fourth-order valence-corrected chi connectivity index (χ4v) is 2.33. The standard InChI is InChI=1S/C17H14FN5/c1-12(22-17-4-2-3-16(18)15(17)9-19)13-5-7-14(8-6-13)23-11-20-10-21-23/h2-8,10-12,22H,1H3/t12-/m0/s1. The first-order chi connectivity index (χ1) is 11.2. The van der Waals surface area contributed by atoms with Gasteiger partial charge in [0.15, 0.2) is 0 Å². The number of hydrogen-bond donors (Lipinski definition) is 1. The maximum atomic E-state index is 13.6. The van der Waals surface area contributed by atoms with Gasteiger partial charge in [0.05, 0.1) is 11.4 Å². The van der Waals surface area contributed by atoms with Crippen LogP contribution in [0, 0.1) is 17.1 Å². The smallest absolute Gasteiger partial charge is 0.143 e. The molecule has 3 rings (SSSR count). The topological polar surface area (TPSA) is 66.5 Å². The fraction of sp³-hybridized carbons (Fsp3) is 0.118. The van der Waals surface area contributed by atoms with Gasteiger partial charge in [-0.05, 0) is 36.8 Å². The summed E-state index contributed by atoms with van der Waals surface area (Å²) in [5, 5.41) is 16.3. The average molecular weight is 307 g/mol. The minimum absolute atomic E-state index is 0.0265. The van der Waals surface area contributed by atoms with E-state index in [0.717, 1.165) is 11.3 Å². The van der Waals surface area contributed by atoms with Crippen LogP contribution in [0.4, 0.5) is 10.1 Å². The molecule has 0 spiro atoms. The number of halogens is 1. The van der Waals surface area contributed by atoms with Crippen LogP contribution in [0.1, 0.15) is 24.1 Å². The van der Waals surface area contributed by atoms with E-state index in [0.29, 0.717) is 5.69 Å². The zero-order valence-corrected chi connectivity index (χ0v) is 12.4. The highest BCUT2D eigenvalue weighted by atomic mass is 19.1. The number of aromatic nitrogens is 3. The van der Waals surface area contributed by atoms with E-state index in [1.54, 1.807) is 23.1 Å². The molecular formula is C17H14FN5. The molecule has 1 N–H and O–H groups in total. The van der Waals surface area contributed by atoms with Gasteiger partial charge >= 0.3 is 0 Å². The van der Waals surface area contributed by atoms with Crippen LogP contribution in [0.3, 0.4) is 0 Å². The number of hydrogen-bond acceptors (Lipinski definition) is 4. The molecule has 1 atom stereocenters. The Balaban J connectivity index is 1.80. The highest BCUT2D eigenvalue weighted by Gasteiger charge is 2.11. The van der Waals surface area contributed by atoms with E-state index in [2.05, 4.69) is 15.4 Å². The van der Waals surface area contributed by atoms with Gasteiger partial charge in [-0.3, -0.25) is 0 Å². The van der Waals surface area contributed by atoms with Gasteiger partial charge in [0.2, 0.25) is 0 Å². The number of benzene rings is 2. The molecule has 6 heteroatoms.